The van der Waals surface area contributed by atoms with Crippen LogP contribution in [0.25, 0.3) is 0 Å². The maximum atomic E-state index is 12.4. The Kier molecular flexibility index (Phi) is 5.82. The quantitative estimate of drug-likeness (QED) is 0.877. The van der Waals surface area contributed by atoms with E-state index in [0.29, 0.717) is 18.2 Å². The van der Waals surface area contributed by atoms with Crippen molar-refractivity contribution in [3.63, 3.8) is 0 Å². The van der Waals surface area contributed by atoms with Crippen LogP contribution in [0.5, 0.6) is 0 Å². The first-order chi connectivity index (χ1) is 8.56. The summed E-state index contributed by atoms with van der Waals surface area (Å²) in [5, 5.41) is 7.08. The Morgan fingerprint density at radius 3 is 2.84 bits per heavy atom. The lowest BCUT2D eigenvalue weighted by atomic mass is 10.1. The lowest BCUT2D eigenvalue weighted by Crippen LogP contribution is -2.40. The summed E-state index contributed by atoms with van der Waals surface area (Å²) in [6.07, 6.45) is 2.01. The van der Waals surface area contributed by atoms with E-state index in [2.05, 4.69) is 40.0 Å². The molecule has 7 heteroatoms. The van der Waals surface area contributed by atoms with E-state index in [9.17, 15) is 4.79 Å². The molecule has 0 spiro atoms. The van der Waals surface area contributed by atoms with Gasteiger partial charge < -0.3 is 10.6 Å². The SMILES string of the molecule is CC(C)c1[nH]nc(C(=O)N2CCCC2CN)c1Br.Cl. The van der Waals surface area contributed by atoms with Gasteiger partial charge in [0.1, 0.15) is 0 Å². The fraction of sp³-hybridized carbons (Fsp3) is 0.667. The number of H-pyrrole nitrogens is 1. The fourth-order valence-electron chi connectivity index (χ4n) is 2.35. The molecule has 1 aromatic rings. The molecule has 1 unspecified atom stereocenters. The van der Waals surface area contributed by atoms with Gasteiger partial charge in [0, 0.05) is 19.1 Å². The van der Waals surface area contributed by atoms with Gasteiger partial charge in [-0.05, 0) is 34.7 Å². The zero-order chi connectivity index (χ0) is 13.3. The van der Waals surface area contributed by atoms with Crippen molar-refractivity contribution in [3.05, 3.63) is 15.9 Å². The van der Waals surface area contributed by atoms with Crippen molar-refractivity contribution in [2.24, 2.45) is 5.73 Å². The van der Waals surface area contributed by atoms with Crippen LogP contribution in [0, 0.1) is 0 Å². The van der Waals surface area contributed by atoms with E-state index in [1.54, 1.807) is 0 Å². The van der Waals surface area contributed by atoms with Gasteiger partial charge in [-0.1, -0.05) is 13.8 Å². The average Bonchev–Trinajstić information content (AvgIpc) is 2.93. The van der Waals surface area contributed by atoms with Crippen molar-refractivity contribution in [1.82, 2.24) is 15.1 Å². The van der Waals surface area contributed by atoms with Crippen molar-refractivity contribution >= 4 is 34.2 Å². The first-order valence-corrected chi connectivity index (χ1v) is 7.10. The number of nitrogens with one attached hydrogen (secondary N) is 1. The fourth-order valence-corrected chi connectivity index (χ4v) is 3.16. The van der Waals surface area contributed by atoms with Crippen LogP contribution < -0.4 is 5.73 Å². The molecule has 1 saturated heterocycles. The Hall–Kier alpha value is -0.590. The number of rotatable bonds is 3. The molecule has 1 aliphatic rings. The number of halogens is 2. The van der Waals surface area contributed by atoms with Gasteiger partial charge in [-0.15, -0.1) is 12.4 Å². The Morgan fingerprint density at radius 2 is 2.32 bits per heavy atom. The summed E-state index contributed by atoms with van der Waals surface area (Å²) in [5.41, 5.74) is 7.13. The smallest absolute Gasteiger partial charge is 0.275 e. The molecule has 1 amide bonds. The van der Waals surface area contributed by atoms with Gasteiger partial charge in [-0.25, -0.2) is 0 Å². The highest BCUT2D eigenvalue weighted by Gasteiger charge is 2.31. The van der Waals surface area contributed by atoms with E-state index in [1.807, 2.05) is 4.90 Å². The highest BCUT2D eigenvalue weighted by Crippen LogP contribution is 2.28. The van der Waals surface area contributed by atoms with E-state index in [-0.39, 0.29) is 24.4 Å². The first-order valence-electron chi connectivity index (χ1n) is 6.31. The molecule has 1 fully saturated rings. The summed E-state index contributed by atoms with van der Waals surface area (Å²) < 4.78 is 0.783. The van der Waals surface area contributed by atoms with Crippen LogP contribution in [0.4, 0.5) is 0 Å². The summed E-state index contributed by atoms with van der Waals surface area (Å²) in [4.78, 5) is 14.3. The predicted octanol–water partition coefficient (Wildman–Crippen LogP) is 2.28. The summed E-state index contributed by atoms with van der Waals surface area (Å²) in [6.45, 7) is 5.41. The lowest BCUT2D eigenvalue weighted by molar-refractivity contribution is 0.0734. The number of hydrogen-bond acceptors (Lipinski definition) is 3. The second-order valence-electron chi connectivity index (χ2n) is 4.98. The third-order valence-corrected chi connectivity index (χ3v) is 4.23. The maximum Gasteiger partial charge on any atom is 0.275 e. The number of carbonyl (C=O) groups is 1. The number of aromatic nitrogens is 2. The van der Waals surface area contributed by atoms with Gasteiger partial charge in [0.2, 0.25) is 0 Å². The predicted molar refractivity (Wildman–Crippen MR) is 80.7 cm³/mol. The van der Waals surface area contributed by atoms with Crippen LogP contribution >= 0.6 is 28.3 Å². The van der Waals surface area contributed by atoms with E-state index in [4.69, 9.17) is 5.73 Å². The minimum Gasteiger partial charge on any atom is -0.333 e. The third kappa shape index (κ3) is 3.12. The third-order valence-electron chi connectivity index (χ3n) is 3.42. The Bertz CT molecular complexity index is 449. The summed E-state index contributed by atoms with van der Waals surface area (Å²) >= 11 is 3.47. The van der Waals surface area contributed by atoms with Crippen molar-refractivity contribution in [2.45, 2.75) is 38.6 Å². The topological polar surface area (TPSA) is 75.0 Å². The Labute approximate surface area is 127 Å². The molecule has 0 aromatic carbocycles. The van der Waals surface area contributed by atoms with Crippen LogP contribution in [0.15, 0.2) is 4.47 Å². The second kappa shape index (κ2) is 6.72. The molecular formula is C12H20BrClN4O. The first kappa shape index (κ1) is 16.5. The summed E-state index contributed by atoms with van der Waals surface area (Å²) in [6, 6.07) is 0.156. The average molecular weight is 352 g/mol. The largest absolute Gasteiger partial charge is 0.333 e. The molecule has 0 radical (unpaired) electrons. The van der Waals surface area contributed by atoms with Gasteiger partial charge in [0.15, 0.2) is 5.69 Å². The van der Waals surface area contributed by atoms with Crippen LogP contribution in [0.2, 0.25) is 0 Å². The number of amides is 1. The van der Waals surface area contributed by atoms with Crippen molar-refractivity contribution < 1.29 is 4.79 Å². The molecule has 0 bridgehead atoms. The molecule has 108 valence electrons. The number of carbonyl (C=O) groups excluding carboxylic acids is 1. The van der Waals surface area contributed by atoms with Gasteiger partial charge in [-0.2, -0.15) is 5.10 Å². The molecule has 5 nitrogen and oxygen atoms in total. The van der Waals surface area contributed by atoms with Gasteiger partial charge in [-0.3, -0.25) is 9.89 Å². The molecular weight excluding hydrogens is 332 g/mol. The summed E-state index contributed by atoms with van der Waals surface area (Å²) in [5.74, 6) is 0.273. The minimum atomic E-state index is -0.0297. The van der Waals surface area contributed by atoms with Crippen molar-refractivity contribution in [1.29, 1.82) is 0 Å². The van der Waals surface area contributed by atoms with Crippen LogP contribution in [-0.2, 0) is 0 Å². The van der Waals surface area contributed by atoms with Gasteiger partial charge in [0.05, 0.1) is 10.2 Å². The normalized spacial score (nSPS) is 18.8. The molecule has 1 aromatic heterocycles. The molecule has 0 saturated carbocycles. The number of nitrogens with two attached hydrogens (primary N) is 1. The second-order valence-corrected chi connectivity index (χ2v) is 5.78. The Morgan fingerprint density at radius 1 is 1.63 bits per heavy atom. The zero-order valence-corrected chi connectivity index (χ0v) is 13.6. The number of nitrogens with zero attached hydrogens (tertiary/aromatic N) is 2. The molecule has 1 aliphatic heterocycles. The van der Waals surface area contributed by atoms with Gasteiger partial charge >= 0.3 is 0 Å². The minimum absolute atomic E-state index is 0. The maximum absolute atomic E-state index is 12.4. The van der Waals surface area contributed by atoms with Gasteiger partial charge in [0.25, 0.3) is 5.91 Å². The van der Waals surface area contributed by atoms with E-state index >= 15 is 0 Å². The zero-order valence-electron chi connectivity index (χ0n) is 11.1. The van der Waals surface area contributed by atoms with E-state index in [0.717, 1.165) is 29.6 Å². The molecule has 2 rings (SSSR count). The molecule has 19 heavy (non-hydrogen) atoms. The Balaban J connectivity index is 0.00000180. The highest BCUT2D eigenvalue weighted by atomic mass is 79.9. The van der Waals surface area contributed by atoms with Crippen molar-refractivity contribution in [3.8, 4) is 0 Å². The lowest BCUT2D eigenvalue weighted by Gasteiger charge is -2.22. The van der Waals surface area contributed by atoms with Crippen molar-refractivity contribution in [2.75, 3.05) is 13.1 Å². The number of hydrogen-bond donors (Lipinski definition) is 2. The van der Waals surface area contributed by atoms with E-state index < -0.39 is 0 Å². The van der Waals surface area contributed by atoms with Crippen LogP contribution in [0.3, 0.4) is 0 Å². The molecule has 1 atom stereocenters. The highest BCUT2D eigenvalue weighted by molar-refractivity contribution is 9.10. The van der Waals surface area contributed by atoms with Crippen LogP contribution in [0.1, 0.15) is 48.8 Å². The van der Waals surface area contributed by atoms with Crippen LogP contribution in [-0.4, -0.2) is 40.1 Å². The molecule has 0 aliphatic carbocycles. The van der Waals surface area contributed by atoms with E-state index in [1.165, 1.54) is 0 Å². The summed E-state index contributed by atoms with van der Waals surface area (Å²) in [7, 11) is 0. The standard InChI is InChI=1S/C12H19BrN4O.ClH/c1-7(2)10-9(13)11(16-15-10)12(18)17-5-3-4-8(17)6-14;/h7-8H,3-6,14H2,1-2H3,(H,15,16);1H. The monoisotopic (exact) mass is 350 g/mol. The number of likely N-dealkylation sites (tertiary alicyclic amines) is 1. The molecule has 3 N–H and O–H groups in total. The number of aromatic amines is 1. The molecule has 2 heterocycles.